The minimum atomic E-state index is -0.193. The predicted molar refractivity (Wildman–Crippen MR) is 227 cm³/mol. The zero-order chi connectivity index (χ0) is 36.0. The third-order valence-corrected chi connectivity index (χ3v) is 11.7. The van der Waals surface area contributed by atoms with Crippen LogP contribution in [0.25, 0.3) is 66.1 Å². The predicted octanol–water partition coefficient (Wildman–Crippen LogP) is 13.7. The second-order valence-corrected chi connectivity index (χ2v) is 15.0. The number of hydrogen-bond donors (Lipinski definition) is 0. The van der Waals surface area contributed by atoms with Crippen LogP contribution >= 0.6 is 0 Å². The fraction of sp³-hybridized carbons (Fsp3) is 0.0588. The van der Waals surface area contributed by atoms with Crippen LogP contribution in [0.5, 0.6) is 0 Å². The third kappa shape index (κ3) is 4.36. The van der Waals surface area contributed by atoms with Gasteiger partial charge in [-0.1, -0.05) is 123 Å². The molecule has 0 N–H and O–H groups in total. The van der Waals surface area contributed by atoms with Gasteiger partial charge < -0.3 is 14.0 Å². The molecule has 2 aromatic heterocycles. The van der Waals surface area contributed by atoms with Crippen LogP contribution in [0.3, 0.4) is 0 Å². The minimum absolute atomic E-state index is 0.193. The van der Waals surface area contributed by atoms with Crippen molar-refractivity contribution < 1.29 is 0 Å². The zero-order valence-electron chi connectivity index (χ0n) is 30.2. The number of anilines is 3. The molecule has 8 aromatic carbocycles. The largest absolute Gasteiger partial charge is 0.310 e. The molecule has 11 rings (SSSR count). The summed E-state index contributed by atoms with van der Waals surface area (Å²) in [5.41, 5.74) is 15.7. The Morgan fingerprint density at radius 2 is 0.852 bits per heavy atom. The number of fused-ring (bicyclic) bond motifs is 9. The van der Waals surface area contributed by atoms with E-state index in [0.29, 0.717) is 0 Å². The molecule has 1 aliphatic carbocycles. The molecule has 54 heavy (non-hydrogen) atoms. The van der Waals surface area contributed by atoms with Crippen LogP contribution in [0.1, 0.15) is 25.0 Å². The topological polar surface area (TPSA) is 13.1 Å². The SMILES string of the molecule is CC1(C)c2ccccc2-c2cccc(N(c3ccc4c(c3)c3ccccc3n4-c3ccccc3)c3ccc4c(c3)c3ccccc3n4-c3ccccc3)c21. The van der Waals surface area contributed by atoms with Gasteiger partial charge in [-0.15, -0.1) is 0 Å². The first-order valence-electron chi connectivity index (χ1n) is 18.8. The average Bonchev–Trinajstić information content (AvgIpc) is 3.82. The number of para-hydroxylation sites is 4. The van der Waals surface area contributed by atoms with E-state index in [0.717, 1.165) is 22.7 Å². The molecule has 0 amide bonds. The molecule has 0 unspecified atom stereocenters. The van der Waals surface area contributed by atoms with Gasteiger partial charge in [0.1, 0.15) is 0 Å². The van der Waals surface area contributed by atoms with Crippen LogP contribution in [0.15, 0.2) is 188 Å². The first-order valence-corrected chi connectivity index (χ1v) is 18.8. The van der Waals surface area contributed by atoms with Crippen molar-refractivity contribution in [3.63, 3.8) is 0 Å². The lowest BCUT2D eigenvalue weighted by Gasteiger charge is -2.32. The van der Waals surface area contributed by atoms with E-state index >= 15 is 0 Å². The van der Waals surface area contributed by atoms with Crippen LogP contribution in [-0.4, -0.2) is 9.13 Å². The molecule has 0 fully saturated rings. The number of rotatable bonds is 5. The first kappa shape index (κ1) is 30.8. The molecule has 10 aromatic rings. The first-order chi connectivity index (χ1) is 26.6. The van der Waals surface area contributed by atoms with Gasteiger partial charge in [-0.2, -0.15) is 0 Å². The molecule has 0 spiro atoms. The van der Waals surface area contributed by atoms with Gasteiger partial charge in [-0.05, 0) is 101 Å². The zero-order valence-corrected chi connectivity index (χ0v) is 30.2. The summed E-state index contributed by atoms with van der Waals surface area (Å²) in [6, 6.07) is 68.9. The Balaban J connectivity index is 1.20. The highest BCUT2D eigenvalue weighted by Crippen LogP contribution is 2.54. The quantitative estimate of drug-likeness (QED) is 0.175. The average molecular weight is 692 g/mol. The lowest BCUT2D eigenvalue weighted by molar-refractivity contribution is 0.661. The van der Waals surface area contributed by atoms with Crippen molar-refractivity contribution in [2.24, 2.45) is 0 Å². The Bertz CT molecular complexity index is 2920. The Labute approximate surface area is 314 Å². The fourth-order valence-corrected chi connectivity index (χ4v) is 9.34. The van der Waals surface area contributed by atoms with Crippen LogP contribution in [-0.2, 0) is 5.41 Å². The molecule has 2 heterocycles. The molecule has 0 saturated heterocycles. The minimum Gasteiger partial charge on any atom is -0.310 e. The maximum atomic E-state index is 2.51. The molecule has 0 radical (unpaired) electrons. The summed E-state index contributed by atoms with van der Waals surface area (Å²) >= 11 is 0. The van der Waals surface area contributed by atoms with Crippen LogP contribution in [0.2, 0.25) is 0 Å². The van der Waals surface area contributed by atoms with Crippen molar-refractivity contribution >= 4 is 60.7 Å². The Morgan fingerprint density at radius 1 is 0.389 bits per heavy atom. The highest BCUT2D eigenvalue weighted by Gasteiger charge is 2.38. The summed E-state index contributed by atoms with van der Waals surface area (Å²) in [7, 11) is 0. The molecule has 3 heteroatoms. The van der Waals surface area contributed by atoms with E-state index in [9.17, 15) is 0 Å². The normalized spacial score (nSPS) is 13.1. The number of nitrogens with zero attached hydrogens (tertiary/aromatic N) is 3. The molecule has 1 aliphatic rings. The van der Waals surface area contributed by atoms with Gasteiger partial charge >= 0.3 is 0 Å². The molecular formula is C51H37N3. The standard InChI is InChI=1S/C51H37N3/c1-51(2)44-24-12-9-20-38(44)41-23-15-27-49(50(41)51)52(36-28-30-47-42(32-36)39-21-10-13-25-45(39)53(47)34-16-5-3-6-17-34)37-29-31-48-43(33-37)40-22-11-14-26-46(40)54(48)35-18-7-4-8-19-35/h3-33H,1-2H3. The summed E-state index contributed by atoms with van der Waals surface area (Å²) in [6.45, 7) is 4.76. The van der Waals surface area contributed by atoms with Gasteiger partial charge in [0.25, 0.3) is 0 Å². The van der Waals surface area contributed by atoms with Crippen molar-refractivity contribution in [3.05, 3.63) is 199 Å². The summed E-state index contributed by atoms with van der Waals surface area (Å²) in [5.74, 6) is 0. The number of hydrogen-bond acceptors (Lipinski definition) is 1. The number of benzene rings is 8. The summed E-state index contributed by atoms with van der Waals surface area (Å²) in [4.78, 5) is 2.51. The van der Waals surface area contributed by atoms with Crippen LogP contribution in [0, 0.1) is 0 Å². The molecular weight excluding hydrogens is 655 g/mol. The summed E-state index contributed by atoms with van der Waals surface area (Å²) < 4.78 is 4.78. The second kappa shape index (κ2) is 11.6. The molecule has 0 atom stereocenters. The second-order valence-electron chi connectivity index (χ2n) is 15.0. The van der Waals surface area contributed by atoms with Gasteiger partial charge in [0.15, 0.2) is 0 Å². The summed E-state index contributed by atoms with van der Waals surface area (Å²) in [5, 5.41) is 4.94. The monoisotopic (exact) mass is 691 g/mol. The molecule has 0 bridgehead atoms. The van der Waals surface area contributed by atoms with Gasteiger partial charge in [0.2, 0.25) is 0 Å². The maximum absolute atomic E-state index is 2.51. The van der Waals surface area contributed by atoms with Gasteiger partial charge in [-0.25, -0.2) is 0 Å². The maximum Gasteiger partial charge on any atom is 0.0542 e. The van der Waals surface area contributed by atoms with Gasteiger partial charge in [0, 0.05) is 49.7 Å². The summed E-state index contributed by atoms with van der Waals surface area (Å²) in [6.07, 6.45) is 0. The highest BCUT2D eigenvalue weighted by molar-refractivity contribution is 6.12. The lowest BCUT2D eigenvalue weighted by atomic mass is 9.81. The Kier molecular flexibility index (Phi) is 6.60. The number of aromatic nitrogens is 2. The lowest BCUT2D eigenvalue weighted by Crippen LogP contribution is -2.20. The molecule has 3 nitrogen and oxygen atoms in total. The van der Waals surface area contributed by atoms with Crippen LogP contribution < -0.4 is 4.90 Å². The molecule has 256 valence electrons. The fourth-order valence-electron chi connectivity index (χ4n) is 9.34. The van der Waals surface area contributed by atoms with E-state index in [4.69, 9.17) is 0 Å². The molecule has 0 saturated carbocycles. The Morgan fingerprint density at radius 3 is 1.43 bits per heavy atom. The van der Waals surface area contributed by atoms with Crippen molar-refractivity contribution in [1.82, 2.24) is 9.13 Å². The Hall–Kier alpha value is -6.84. The third-order valence-electron chi connectivity index (χ3n) is 11.7. The van der Waals surface area contributed by atoms with Crippen LogP contribution in [0.4, 0.5) is 17.1 Å². The van der Waals surface area contributed by atoms with E-state index in [1.54, 1.807) is 0 Å². The van der Waals surface area contributed by atoms with E-state index < -0.39 is 0 Å². The van der Waals surface area contributed by atoms with Gasteiger partial charge in [-0.3, -0.25) is 0 Å². The molecule has 0 aliphatic heterocycles. The van der Waals surface area contributed by atoms with Crippen molar-refractivity contribution in [3.8, 4) is 22.5 Å². The van der Waals surface area contributed by atoms with Gasteiger partial charge in [0.05, 0.1) is 27.8 Å². The van der Waals surface area contributed by atoms with E-state index in [2.05, 4.69) is 216 Å². The smallest absolute Gasteiger partial charge is 0.0542 e. The van der Waals surface area contributed by atoms with E-state index in [1.165, 1.54) is 71.6 Å². The van der Waals surface area contributed by atoms with E-state index in [1.807, 2.05) is 0 Å². The van der Waals surface area contributed by atoms with Crippen molar-refractivity contribution in [2.45, 2.75) is 19.3 Å². The van der Waals surface area contributed by atoms with Crippen molar-refractivity contribution in [2.75, 3.05) is 4.90 Å². The van der Waals surface area contributed by atoms with E-state index in [-0.39, 0.29) is 5.41 Å². The van der Waals surface area contributed by atoms with Crippen molar-refractivity contribution in [1.29, 1.82) is 0 Å². The highest BCUT2D eigenvalue weighted by atomic mass is 15.1.